The van der Waals surface area contributed by atoms with Gasteiger partial charge in [0.15, 0.2) is 34.9 Å². The van der Waals surface area contributed by atoms with Crippen molar-refractivity contribution in [3.8, 4) is 74.0 Å². The first kappa shape index (κ1) is 32.0. The van der Waals surface area contributed by atoms with Gasteiger partial charge in [-0.25, -0.2) is 29.9 Å². The normalized spacial score (nSPS) is 11.3. The molecule has 0 aliphatic heterocycles. The molecule has 55 heavy (non-hydrogen) atoms. The van der Waals surface area contributed by atoms with E-state index in [1.54, 1.807) is 0 Å². The molecule has 0 radical (unpaired) electrons. The maximum atomic E-state index is 5.11. The van der Waals surface area contributed by atoms with Crippen molar-refractivity contribution in [3.05, 3.63) is 188 Å². The van der Waals surface area contributed by atoms with Crippen LogP contribution in [0, 0.1) is 0 Å². The molecular formula is C48H31N7. The van der Waals surface area contributed by atoms with Crippen LogP contribution in [-0.4, -0.2) is 34.5 Å². The molecule has 258 valence electrons. The van der Waals surface area contributed by atoms with Gasteiger partial charge in [0.25, 0.3) is 0 Å². The fourth-order valence-electron chi connectivity index (χ4n) is 7.09. The van der Waals surface area contributed by atoms with Crippen molar-refractivity contribution in [1.82, 2.24) is 34.5 Å². The van der Waals surface area contributed by atoms with E-state index >= 15 is 0 Å². The van der Waals surface area contributed by atoms with E-state index in [0.29, 0.717) is 34.9 Å². The van der Waals surface area contributed by atoms with Crippen molar-refractivity contribution >= 4 is 21.8 Å². The maximum Gasteiger partial charge on any atom is 0.166 e. The molecule has 0 unspecified atom stereocenters. The third kappa shape index (κ3) is 5.99. The lowest BCUT2D eigenvalue weighted by Gasteiger charge is -2.15. The summed E-state index contributed by atoms with van der Waals surface area (Å²) in [6.45, 7) is 0. The highest BCUT2D eigenvalue weighted by Crippen LogP contribution is 2.38. The Hall–Kier alpha value is -7.64. The summed E-state index contributed by atoms with van der Waals surface area (Å²) in [4.78, 5) is 30.2. The molecule has 3 heterocycles. The minimum atomic E-state index is 0.586. The van der Waals surface area contributed by atoms with Gasteiger partial charge in [-0.3, -0.25) is 0 Å². The van der Waals surface area contributed by atoms with Gasteiger partial charge in [0, 0.05) is 44.2 Å². The summed E-state index contributed by atoms with van der Waals surface area (Å²) in [5.74, 6) is 3.64. The fourth-order valence-corrected chi connectivity index (χ4v) is 7.09. The Balaban J connectivity index is 1.20. The van der Waals surface area contributed by atoms with Crippen molar-refractivity contribution < 1.29 is 0 Å². The Morgan fingerprint density at radius 2 is 0.655 bits per heavy atom. The molecule has 3 aromatic heterocycles. The third-order valence-electron chi connectivity index (χ3n) is 9.72. The Morgan fingerprint density at radius 1 is 0.273 bits per heavy atom. The Morgan fingerprint density at radius 3 is 1.16 bits per heavy atom. The van der Waals surface area contributed by atoms with Gasteiger partial charge in [0.2, 0.25) is 0 Å². The molecule has 7 aromatic carbocycles. The van der Waals surface area contributed by atoms with Gasteiger partial charge in [-0.05, 0) is 24.3 Å². The molecule has 0 aliphatic carbocycles. The number of nitrogens with zero attached hydrogens (tertiary/aromatic N) is 7. The first-order chi connectivity index (χ1) is 27.3. The lowest BCUT2D eigenvalue weighted by molar-refractivity contribution is 1.06. The van der Waals surface area contributed by atoms with E-state index in [2.05, 4.69) is 65.2 Å². The van der Waals surface area contributed by atoms with Crippen LogP contribution in [-0.2, 0) is 0 Å². The number of fused-ring (bicyclic) bond motifs is 3. The summed E-state index contributed by atoms with van der Waals surface area (Å²) in [6.07, 6.45) is 0. The second-order valence-electron chi connectivity index (χ2n) is 13.2. The van der Waals surface area contributed by atoms with Crippen LogP contribution < -0.4 is 0 Å². The van der Waals surface area contributed by atoms with Crippen LogP contribution in [0.5, 0.6) is 0 Å². The molecular weight excluding hydrogens is 675 g/mol. The van der Waals surface area contributed by atoms with Crippen molar-refractivity contribution in [2.24, 2.45) is 0 Å². The molecule has 0 fully saturated rings. The van der Waals surface area contributed by atoms with E-state index in [4.69, 9.17) is 29.9 Å². The van der Waals surface area contributed by atoms with Crippen LogP contribution in [0.15, 0.2) is 188 Å². The van der Waals surface area contributed by atoms with Gasteiger partial charge in [0.05, 0.1) is 16.7 Å². The molecule has 0 amide bonds. The van der Waals surface area contributed by atoms with Crippen LogP contribution in [0.25, 0.3) is 95.8 Å². The Labute approximate surface area is 317 Å². The Kier molecular flexibility index (Phi) is 8.00. The van der Waals surface area contributed by atoms with Crippen LogP contribution in [0.1, 0.15) is 0 Å². The van der Waals surface area contributed by atoms with Crippen molar-refractivity contribution in [2.45, 2.75) is 0 Å². The first-order valence-corrected chi connectivity index (χ1v) is 18.1. The van der Waals surface area contributed by atoms with Gasteiger partial charge in [-0.1, -0.05) is 164 Å². The van der Waals surface area contributed by atoms with E-state index in [0.717, 1.165) is 60.9 Å². The third-order valence-corrected chi connectivity index (χ3v) is 9.72. The molecule has 0 N–H and O–H groups in total. The monoisotopic (exact) mass is 705 g/mol. The Bertz CT molecular complexity index is 2850. The molecule has 10 aromatic rings. The first-order valence-electron chi connectivity index (χ1n) is 18.1. The molecule has 7 nitrogen and oxygen atoms in total. The number of rotatable bonds is 7. The molecule has 0 spiro atoms. The van der Waals surface area contributed by atoms with E-state index in [9.17, 15) is 0 Å². The summed E-state index contributed by atoms with van der Waals surface area (Å²) < 4.78 is 2.30. The molecule has 0 saturated heterocycles. The zero-order valence-electron chi connectivity index (χ0n) is 29.5. The molecule has 0 saturated carbocycles. The average Bonchev–Trinajstić information content (AvgIpc) is 3.61. The van der Waals surface area contributed by atoms with Gasteiger partial charge >= 0.3 is 0 Å². The fraction of sp³-hybridized carbons (Fsp3) is 0. The van der Waals surface area contributed by atoms with Gasteiger partial charge in [-0.15, -0.1) is 0 Å². The molecule has 0 bridgehead atoms. The zero-order chi connectivity index (χ0) is 36.6. The minimum Gasteiger partial charge on any atom is -0.308 e. The van der Waals surface area contributed by atoms with Crippen LogP contribution >= 0.6 is 0 Å². The maximum absolute atomic E-state index is 5.11. The quantitative estimate of drug-likeness (QED) is 0.164. The highest BCUT2D eigenvalue weighted by atomic mass is 15.1. The number of para-hydroxylation sites is 2. The van der Waals surface area contributed by atoms with E-state index in [1.807, 2.05) is 127 Å². The lowest BCUT2D eigenvalue weighted by atomic mass is 10.1. The molecule has 7 heteroatoms. The van der Waals surface area contributed by atoms with E-state index in [-0.39, 0.29) is 0 Å². The smallest absolute Gasteiger partial charge is 0.166 e. The second-order valence-corrected chi connectivity index (χ2v) is 13.2. The summed E-state index contributed by atoms with van der Waals surface area (Å²) in [6, 6.07) is 63.5. The van der Waals surface area contributed by atoms with Crippen LogP contribution in [0.4, 0.5) is 0 Å². The largest absolute Gasteiger partial charge is 0.308 e. The topological polar surface area (TPSA) is 82.3 Å². The van der Waals surface area contributed by atoms with Gasteiger partial charge < -0.3 is 4.57 Å². The highest BCUT2D eigenvalue weighted by Gasteiger charge is 2.20. The summed E-state index contributed by atoms with van der Waals surface area (Å²) in [5, 5.41) is 2.25. The number of hydrogen-bond acceptors (Lipinski definition) is 6. The van der Waals surface area contributed by atoms with Gasteiger partial charge in [0.1, 0.15) is 0 Å². The van der Waals surface area contributed by atoms with E-state index < -0.39 is 0 Å². The van der Waals surface area contributed by atoms with E-state index in [1.165, 1.54) is 0 Å². The standard InChI is InChI=1S/C48H31N7/c1-5-17-32(18-6-1)43-49-44(33-19-7-2-8-20-33)52-47(51-43)36-29-30-38-37-25-13-15-27-40(37)55(42(38)31-36)41-28-16-14-26-39(41)48-53-45(34-21-9-3-10-22-34)50-46(54-48)35-23-11-4-12-24-35/h1-31H. The zero-order valence-corrected chi connectivity index (χ0v) is 29.5. The SMILES string of the molecule is c1ccc(-c2nc(-c3ccccc3)nc(-c3ccc4c5ccccc5n(-c5ccccc5-c5nc(-c6ccccc6)nc(-c6ccccc6)n5)c4c3)n2)cc1. The van der Waals surface area contributed by atoms with Crippen molar-refractivity contribution in [1.29, 1.82) is 0 Å². The van der Waals surface area contributed by atoms with Crippen LogP contribution in [0.2, 0.25) is 0 Å². The summed E-state index contributed by atoms with van der Waals surface area (Å²) in [5.41, 5.74) is 8.47. The van der Waals surface area contributed by atoms with Crippen molar-refractivity contribution in [2.75, 3.05) is 0 Å². The molecule has 0 atom stereocenters. The summed E-state index contributed by atoms with van der Waals surface area (Å²) in [7, 11) is 0. The minimum absolute atomic E-state index is 0.586. The van der Waals surface area contributed by atoms with Crippen molar-refractivity contribution in [3.63, 3.8) is 0 Å². The average molecular weight is 706 g/mol. The predicted molar refractivity (Wildman–Crippen MR) is 220 cm³/mol. The summed E-state index contributed by atoms with van der Waals surface area (Å²) >= 11 is 0. The second kappa shape index (κ2) is 13.7. The van der Waals surface area contributed by atoms with Crippen LogP contribution in [0.3, 0.4) is 0 Å². The number of benzene rings is 7. The molecule has 10 rings (SSSR count). The highest BCUT2D eigenvalue weighted by molar-refractivity contribution is 6.10. The lowest BCUT2D eigenvalue weighted by Crippen LogP contribution is -2.03. The predicted octanol–water partition coefficient (Wildman–Crippen LogP) is 11.2. The van der Waals surface area contributed by atoms with Gasteiger partial charge in [-0.2, -0.15) is 0 Å². The number of hydrogen-bond donors (Lipinski definition) is 0. The molecule has 0 aliphatic rings. The number of aromatic nitrogens is 7.